The number of rotatable bonds is 4. The molecule has 19 heavy (non-hydrogen) atoms. The van der Waals surface area contributed by atoms with Gasteiger partial charge in [0.05, 0.1) is 12.7 Å². The van der Waals surface area contributed by atoms with Gasteiger partial charge in [-0.2, -0.15) is 0 Å². The number of nitrogens with one attached hydrogen (secondary N) is 1. The highest BCUT2D eigenvalue weighted by atomic mass is 16.5. The van der Waals surface area contributed by atoms with Crippen LogP contribution in [0.25, 0.3) is 0 Å². The second-order valence-corrected chi connectivity index (χ2v) is 5.52. The van der Waals surface area contributed by atoms with Crippen molar-refractivity contribution in [3.05, 3.63) is 29.8 Å². The Hall–Kier alpha value is -1.06. The van der Waals surface area contributed by atoms with Crippen LogP contribution in [0.5, 0.6) is 0 Å². The molecular formula is C16H26N2O. The first-order chi connectivity index (χ1) is 9.11. The topological polar surface area (TPSA) is 24.5 Å². The van der Waals surface area contributed by atoms with E-state index in [1.165, 1.54) is 11.3 Å². The molecule has 0 aliphatic carbocycles. The summed E-state index contributed by atoms with van der Waals surface area (Å²) in [6.45, 7) is 11.5. The number of nitrogens with zero attached hydrogens (tertiary/aromatic N) is 1. The molecule has 2 rings (SSSR count). The quantitative estimate of drug-likeness (QED) is 0.903. The van der Waals surface area contributed by atoms with Gasteiger partial charge < -0.3 is 15.0 Å². The van der Waals surface area contributed by atoms with Crippen LogP contribution in [0.2, 0.25) is 0 Å². The molecular weight excluding hydrogens is 236 g/mol. The van der Waals surface area contributed by atoms with Crippen LogP contribution in [0.1, 0.15) is 39.3 Å². The summed E-state index contributed by atoms with van der Waals surface area (Å²) < 4.78 is 5.68. The molecule has 0 aromatic heterocycles. The molecule has 1 fully saturated rings. The Bertz CT molecular complexity index is 390. The average Bonchev–Trinajstić information content (AvgIpc) is 2.42. The van der Waals surface area contributed by atoms with Crippen LogP contribution in [0.4, 0.5) is 5.69 Å². The second-order valence-electron chi connectivity index (χ2n) is 5.52. The van der Waals surface area contributed by atoms with Crippen molar-refractivity contribution < 1.29 is 4.74 Å². The van der Waals surface area contributed by atoms with Crippen LogP contribution in [-0.2, 0) is 4.74 Å². The van der Waals surface area contributed by atoms with Crippen molar-refractivity contribution in [3.8, 4) is 0 Å². The molecule has 0 amide bonds. The van der Waals surface area contributed by atoms with Gasteiger partial charge in [-0.3, -0.25) is 0 Å². The molecule has 1 aliphatic rings. The Morgan fingerprint density at radius 3 is 2.63 bits per heavy atom. The zero-order valence-electron chi connectivity index (χ0n) is 12.5. The number of morpholine rings is 1. The molecule has 3 unspecified atom stereocenters. The zero-order chi connectivity index (χ0) is 13.8. The van der Waals surface area contributed by atoms with E-state index in [1.54, 1.807) is 0 Å². The van der Waals surface area contributed by atoms with E-state index in [0.29, 0.717) is 18.2 Å². The summed E-state index contributed by atoms with van der Waals surface area (Å²) >= 11 is 0. The monoisotopic (exact) mass is 262 g/mol. The van der Waals surface area contributed by atoms with E-state index in [4.69, 9.17) is 4.74 Å². The van der Waals surface area contributed by atoms with Crippen molar-refractivity contribution in [1.29, 1.82) is 0 Å². The van der Waals surface area contributed by atoms with Crippen molar-refractivity contribution >= 4 is 5.69 Å². The van der Waals surface area contributed by atoms with Gasteiger partial charge in [-0.15, -0.1) is 0 Å². The van der Waals surface area contributed by atoms with E-state index in [0.717, 1.165) is 19.7 Å². The van der Waals surface area contributed by atoms with E-state index in [-0.39, 0.29) is 0 Å². The Kier molecular flexibility index (Phi) is 4.83. The van der Waals surface area contributed by atoms with Gasteiger partial charge in [-0.25, -0.2) is 0 Å². The van der Waals surface area contributed by atoms with Gasteiger partial charge >= 0.3 is 0 Å². The first-order valence-corrected chi connectivity index (χ1v) is 7.33. The SMILES string of the molecule is CCNC(C)c1ccc(N2CC(C)OCC2C)cc1. The van der Waals surface area contributed by atoms with Crippen LogP contribution < -0.4 is 10.2 Å². The van der Waals surface area contributed by atoms with Crippen molar-refractivity contribution in [2.45, 2.75) is 45.9 Å². The van der Waals surface area contributed by atoms with Crippen LogP contribution in [-0.4, -0.2) is 31.8 Å². The maximum Gasteiger partial charge on any atom is 0.0723 e. The summed E-state index contributed by atoms with van der Waals surface area (Å²) in [5.74, 6) is 0. The molecule has 0 saturated carbocycles. The highest BCUT2D eigenvalue weighted by molar-refractivity contribution is 5.49. The van der Waals surface area contributed by atoms with Crippen LogP contribution in [0.15, 0.2) is 24.3 Å². The van der Waals surface area contributed by atoms with Crippen molar-refractivity contribution in [1.82, 2.24) is 5.32 Å². The Labute approximate surface area is 116 Å². The Balaban J connectivity index is 2.08. The highest BCUT2D eigenvalue weighted by Gasteiger charge is 2.23. The lowest BCUT2D eigenvalue weighted by atomic mass is 10.1. The zero-order valence-corrected chi connectivity index (χ0v) is 12.5. The summed E-state index contributed by atoms with van der Waals surface area (Å²) in [7, 11) is 0. The average molecular weight is 262 g/mol. The molecule has 1 N–H and O–H groups in total. The van der Waals surface area contributed by atoms with Gasteiger partial charge in [-0.05, 0) is 45.0 Å². The number of ether oxygens (including phenoxy) is 1. The first kappa shape index (κ1) is 14.4. The molecule has 1 aromatic rings. The van der Waals surface area contributed by atoms with Gasteiger partial charge in [-0.1, -0.05) is 19.1 Å². The van der Waals surface area contributed by atoms with Crippen molar-refractivity contribution in [2.75, 3.05) is 24.6 Å². The van der Waals surface area contributed by atoms with E-state index < -0.39 is 0 Å². The molecule has 106 valence electrons. The third-order valence-corrected chi connectivity index (χ3v) is 3.84. The van der Waals surface area contributed by atoms with Gasteiger partial charge in [0.25, 0.3) is 0 Å². The van der Waals surface area contributed by atoms with Gasteiger partial charge in [0, 0.05) is 24.3 Å². The summed E-state index contributed by atoms with van der Waals surface area (Å²) in [5, 5.41) is 3.44. The second kappa shape index (κ2) is 6.40. The highest BCUT2D eigenvalue weighted by Crippen LogP contribution is 2.23. The maximum absolute atomic E-state index is 5.68. The van der Waals surface area contributed by atoms with Gasteiger partial charge in [0.15, 0.2) is 0 Å². The van der Waals surface area contributed by atoms with E-state index in [1.807, 2.05) is 0 Å². The molecule has 1 aromatic carbocycles. The number of benzene rings is 1. The Morgan fingerprint density at radius 1 is 1.32 bits per heavy atom. The lowest BCUT2D eigenvalue weighted by Crippen LogP contribution is -2.47. The minimum atomic E-state index is 0.316. The smallest absolute Gasteiger partial charge is 0.0723 e. The lowest BCUT2D eigenvalue weighted by Gasteiger charge is -2.38. The van der Waals surface area contributed by atoms with Gasteiger partial charge in [0.1, 0.15) is 0 Å². The predicted molar refractivity (Wildman–Crippen MR) is 80.8 cm³/mol. The minimum absolute atomic E-state index is 0.316. The number of hydrogen-bond donors (Lipinski definition) is 1. The Morgan fingerprint density at radius 2 is 2.00 bits per heavy atom. The maximum atomic E-state index is 5.68. The summed E-state index contributed by atoms with van der Waals surface area (Å²) in [5.41, 5.74) is 2.65. The summed E-state index contributed by atoms with van der Waals surface area (Å²) in [4.78, 5) is 2.44. The standard InChI is InChI=1S/C16H26N2O/c1-5-17-14(4)15-6-8-16(9-7-15)18-10-13(3)19-11-12(18)2/h6-9,12-14,17H,5,10-11H2,1-4H3. The van der Waals surface area contributed by atoms with Crippen LogP contribution in [0.3, 0.4) is 0 Å². The molecule has 0 spiro atoms. The normalized spacial score (nSPS) is 25.4. The third-order valence-electron chi connectivity index (χ3n) is 3.84. The largest absolute Gasteiger partial charge is 0.375 e. The van der Waals surface area contributed by atoms with Crippen LogP contribution >= 0.6 is 0 Å². The summed E-state index contributed by atoms with van der Waals surface area (Å²) in [6.07, 6.45) is 0.316. The summed E-state index contributed by atoms with van der Waals surface area (Å²) in [6, 6.07) is 9.80. The van der Waals surface area contributed by atoms with Crippen molar-refractivity contribution in [2.24, 2.45) is 0 Å². The van der Waals surface area contributed by atoms with E-state index in [9.17, 15) is 0 Å². The molecule has 1 heterocycles. The number of hydrogen-bond acceptors (Lipinski definition) is 3. The van der Waals surface area contributed by atoms with Crippen LogP contribution in [0, 0.1) is 0 Å². The van der Waals surface area contributed by atoms with E-state index in [2.05, 4.69) is 62.2 Å². The first-order valence-electron chi connectivity index (χ1n) is 7.33. The fourth-order valence-electron chi connectivity index (χ4n) is 2.64. The third kappa shape index (κ3) is 3.48. The minimum Gasteiger partial charge on any atom is -0.375 e. The fraction of sp³-hybridized carbons (Fsp3) is 0.625. The molecule has 1 saturated heterocycles. The lowest BCUT2D eigenvalue weighted by molar-refractivity contribution is 0.0344. The van der Waals surface area contributed by atoms with E-state index >= 15 is 0 Å². The number of anilines is 1. The fourth-order valence-corrected chi connectivity index (χ4v) is 2.64. The van der Waals surface area contributed by atoms with Gasteiger partial charge in [0.2, 0.25) is 0 Å². The molecule has 3 atom stereocenters. The molecule has 1 aliphatic heterocycles. The molecule has 0 radical (unpaired) electrons. The predicted octanol–water partition coefficient (Wildman–Crippen LogP) is 2.97. The molecule has 3 heteroatoms. The molecule has 3 nitrogen and oxygen atoms in total. The molecule has 0 bridgehead atoms. The van der Waals surface area contributed by atoms with Crippen molar-refractivity contribution in [3.63, 3.8) is 0 Å².